The van der Waals surface area contributed by atoms with Crippen molar-refractivity contribution in [3.63, 3.8) is 0 Å². The van der Waals surface area contributed by atoms with Crippen LogP contribution in [-0.4, -0.2) is 23.6 Å². The highest BCUT2D eigenvalue weighted by Gasteiger charge is 2.09. The van der Waals surface area contributed by atoms with E-state index in [0.29, 0.717) is 0 Å². The lowest BCUT2D eigenvalue weighted by molar-refractivity contribution is -0.120. The number of ether oxygens (including phenoxy) is 1. The topological polar surface area (TPSA) is 43.3 Å². The Morgan fingerprint density at radius 2 is 2.00 bits per heavy atom. The minimum Gasteiger partial charge on any atom is -0.478 e. The summed E-state index contributed by atoms with van der Waals surface area (Å²) in [6, 6.07) is 11.0. The van der Waals surface area contributed by atoms with Crippen molar-refractivity contribution in [2.45, 2.75) is 6.42 Å². The smallest absolute Gasteiger partial charge is 0.225 e. The third-order valence-electron chi connectivity index (χ3n) is 4.02. The number of halogens is 2. The molecule has 2 aromatic carbocycles. The minimum atomic E-state index is -0.778. The van der Waals surface area contributed by atoms with Crippen molar-refractivity contribution in [1.82, 2.24) is 9.88 Å². The highest BCUT2D eigenvalue weighted by Crippen LogP contribution is 2.20. The average Bonchev–Trinajstić information content (AvgIpc) is 2.95. The highest BCUT2D eigenvalue weighted by atomic mass is 19.1. The zero-order valence-corrected chi connectivity index (χ0v) is 14.8. The number of benzene rings is 2. The molecule has 0 aliphatic carbocycles. The van der Waals surface area contributed by atoms with E-state index < -0.39 is 11.6 Å². The molecule has 0 fully saturated rings. The number of carbonyl (C=O) groups excluding carboxylic acids is 1. The van der Waals surface area contributed by atoms with Gasteiger partial charge in [-0.1, -0.05) is 30.0 Å². The van der Waals surface area contributed by atoms with Crippen LogP contribution in [0.15, 0.2) is 48.7 Å². The molecule has 0 aliphatic heterocycles. The molecule has 0 radical (unpaired) electrons. The molecule has 1 N–H and O–H groups in total. The van der Waals surface area contributed by atoms with E-state index in [0.717, 1.165) is 28.6 Å². The fraction of sp³-hybridized carbons (Fsp3) is 0.190. The first kappa shape index (κ1) is 18.5. The van der Waals surface area contributed by atoms with Gasteiger partial charge in [0.15, 0.2) is 11.6 Å². The number of amides is 1. The lowest BCUT2D eigenvalue weighted by Gasteiger charge is -2.03. The first-order chi connectivity index (χ1) is 13.0. The molecular weight excluding hydrogens is 350 g/mol. The molecule has 0 spiro atoms. The number of carbonyl (C=O) groups is 1. The molecule has 0 saturated heterocycles. The molecule has 6 heteroatoms. The standard InChI is InChI=1S/C21H18F2N2O2/c1-25-14-15(17-6-2-3-7-19(17)25)12-21(26)24-10-4-5-11-27-20-9-8-16(22)13-18(20)23/h2-3,6-9,13-14H,10-12H2,1H3,(H,24,26). The first-order valence-corrected chi connectivity index (χ1v) is 8.38. The number of nitrogens with zero attached hydrogens (tertiary/aromatic N) is 1. The van der Waals surface area contributed by atoms with Gasteiger partial charge < -0.3 is 14.6 Å². The summed E-state index contributed by atoms with van der Waals surface area (Å²) in [5.74, 6) is 3.77. The Hall–Kier alpha value is -3.33. The zero-order valence-electron chi connectivity index (χ0n) is 14.8. The van der Waals surface area contributed by atoms with Crippen LogP contribution in [0.5, 0.6) is 5.75 Å². The van der Waals surface area contributed by atoms with E-state index in [4.69, 9.17) is 4.74 Å². The van der Waals surface area contributed by atoms with Gasteiger partial charge in [-0.3, -0.25) is 4.79 Å². The predicted molar refractivity (Wildman–Crippen MR) is 99.3 cm³/mol. The van der Waals surface area contributed by atoms with Crippen molar-refractivity contribution in [2.24, 2.45) is 7.05 Å². The molecule has 0 unspecified atom stereocenters. The molecule has 138 valence electrons. The molecule has 3 aromatic rings. The highest BCUT2D eigenvalue weighted by molar-refractivity contribution is 5.89. The van der Waals surface area contributed by atoms with E-state index in [9.17, 15) is 13.6 Å². The van der Waals surface area contributed by atoms with Gasteiger partial charge in [0.25, 0.3) is 0 Å². The fourth-order valence-corrected chi connectivity index (χ4v) is 2.76. The molecule has 1 amide bonds. The number of aromatic nitrogens is 1. The van der Waals surface area contributed by atoms with Crippen LogP contribution < -0.4 is 10.1 Å². The van der Waals surface area contributed by atoms with Crippen molar-refractivity contribution in [3.05, 3.63) is 65.9 Å². The molecule has 0 saturated carbocycles. The second-order valence-electron chi connectivity index (χ2n) is 5.95. The monoisotopic (exact) mass is 368 g/mol. The number of fused-ring (bicyclic) bond motifs is 1. The molecule has 0 bridgehead atoms. The van der Waals surface area contributed by atoms with Crippen molar-refractivity contribution in [2.75, 3.05) is 13.2 Å². The van der Waals surface area contributed by atoms with E-state index in [2.05, 4.69) is 17.2 Å². The quantitative estimate of drug-likeness (QED) is 0.703. The summed E-state index contributed by atoms with van der Waals surface area (Å²) >= 11 is 0. The maximum Gasteiger partial charge on any atom is 0.225 e. The van der Waals surface area contributed by atoms with Crippen molar-refractivity contribution >= 4 is 16.8 Å². The lowest BCUT2D eigenvalue weighted by atomic mass is 10.1. The Kier molecular flexibility index (Phi) is 5.72. The van der Waals surface area contributed by atoms with E-state index in [1.54, 1.807) is 0 Å². The summed E-state index contributed by atoms with van der Waals surface area (Å²) < 4.78 is 33.3. The van der Waals surface area contributed by atoms with Crippen LogP contribution in [0.2, 0.25) is 0 Å². The van der Waals surface area contributed by atoms with Crippen molar-refractivity contribution in [3.8, 4) is 17.6 Å². The van der Waals surface area contributed by atoms with Gasteiger partial charge in [0.1, 0.15) is 12.4 Å². The lowest BCUT2D eigenvalue weighted by Crippen LogP contribution is -2.25. The summed E-state index contributed by atoms with van der Waals surface area (Å²) in [5.41, 5.74) is 2.03. The van der Waals surface area contributed by atoms with Crippen LogP contribution in [0.1, 0.15) is 5.56 Å². The van der Waals surface area contributed by atoms with Crippen LogP contribution >= 0.6 is 0 Å². The third kappa shape index (κ3) is 4.64. The van der Waals surface area contributed by atoms with Gasteiger partial charge >= 0.3 is 0 Å². The van der Waals surface area contributed by atoms with Gasteiger partial charge in [0, 0.05) is 30.2 Å². The van der Waals surface area contributed by atoms with Gasteiger partial charge in [-0.15, -0.1) is 0 Å². The van der Waals surface area contributed by atoms with Gasteiger partial charge in [-0.2, -0.15) is 0 Å². The number of rotatable bonds is 5. The minimum absolute atomic E-state index is 0.0538. The summed E-state index contributed by atoms with van der Waals surface area (Å²) in [6.07, 6.45) is 2.21. The maximum absolute atomic E-state index is 13.4. The van der Waals surface area contributed by atoms with Gasteiger partial charge in [-0.25, -0.2) is 8.78 Å². The van der Waals surface area contributed by atoms with Gasteiger partial charge in [0.2, 0.25) is 5.91 Å². The molecule has 0 aliphatic rings. The fourth-order valence-electron chi connectivity index (χ4n) is 2.76. The van der Waals surface area contributed by atoms with Crippen LogP contribution in [0.25, 0.3) is 10.9 Å². The second-order valence-corrected chi connectivity index (χ2v) is 5.95. The van der Waals surface area contributed by atoms with E-state index in [-0.39, 0.29) is 31.2 Å². The summed E-state index contributed by atoms with van der Waals surface area (Å²) in [7, 11) is 1.94. The molecular formula is C21H18F2N2O2. The number of hydrogen-bond acceptors (Lipinski definition) is 2. The van der Waals surface area contributed by atoms with E-state index >= 15 is 0 Å². The molecule has 1 aromatic heterocycles. The number of aryl methyl sites for hydroxylation is 1. The van der Waals surface area contributed by atoms with E-state index in [1.165, 1.54) is 6.07 Å². The van der Waals surface area contributed by atoms with Crippen LogP contribution in [0.3, 0.4) is 0 Å². The zero-order chi connectivity index (χ0) is 19.2. The largest absolute Gasteiger partial charge is 0.478 e. The Balaban J connectivity index is 1.47. The van der Waals surface area contributed by atoms with Crippen molar-refractivity contribution in [1.29, 1.82) is 0 Å². The van der Waals surface area contributed by atoms with Gasteiger partial charge in [0.05, 0.1) is 13.0 Å². The normalized spacial score (nSPS) is 10.3. The summed E-state index contributed by atoms with van der Waals surface area (Å²) in [6.45, 7) is 0.112. The Bertz CT molecular complexity index is 1030. The molecule has 4 nitrogen and oxygen atoms in total. The number of nitrogens with one attached hydrogen (secondary N) is 1. The average molecular weight is 368 g/mol. The number of hydrogen-bond donors (Lipinski definition) is 1. The summed E-state index contributed by atoms with van der Waals surface area (Å²) in [5, 5.41) is 3.77. The first-order valence-electron chi connectivity index (χ1n) is 8.38. The maximum atomic E-state index is 13.4. The second kappa shape index (κ2) is 8.37. The Morgan fingerprint density at radius 3 is 2.81 bits per heavy atom. The van der Waals surface area contributed by atoms with Crippen LogP contribution in [-0.2, 0) is 18.3 Å². The van der Waals surface area contributed by atoms with Crippen LogP contribution in [0.4, 0.5) is 8.78 Å². The van der Waals surface area contributed by atoms with E-state index in [1.807, 2.05) is 42.1 Å². The van der Waals surface area contributed by atoms with Crippen molar-refractivity contribution < 1.29 is 18.3 Å². The summed E-state index contributed by atoms with van der Waals surface area (Å²) in [4.78, 5) is 12.1. The molecule has 3 rings (SSSR count). The Morgan fingerprint density at radius 1 is 1.19 bits per heavy atom. The third-order valence-corrected chi connectivity index (χ3v) is 4.02. The SMILES string of the molecule is Cn1cc(CC(=O)NCC#CCOc2ccc(F)cc2F)c2ccccc21. The predicted octanol–water partition coefficient (Wildman–Crippen LogP) is 3.20. The van der Waals surface area contributed by atoms with Gasteiger partial charge in [-0.05, 0) is 23.8 Å². The molecule has 27 heavy (non-hydrogen) atoms. The Labute approximate surface area is 155 Å². The van der Waals surface area contributed by atoms with Crippen LogP contribution in [0, 0.1) is 23.5 Å². The molecule has 1 heterocycles. The number of para-hydroxylation sites is 1. The molecule has 0 atom stereocenters.